The average Bonchev–Trinajstić information content (AvgIpc) is 3.26. The van der Waals surface area contributed by atoms with Crippen LogP contribution in [0.4, 0.5) is 0 Å². The van der Waals surface area contributed by atoms with Gasteiger partial charge < -0.3 is 9.64 Å². The number of nitrogens with zero attached hydrogens (tertiary/aromatic N) is 2. The van der Waals surface area contributed by atoms with Gasteiger partial charge in [0.2, 0.25) is 5.91 Å². The largest absolute Gasteiger partial charge is 0.497 e. The van der Waals surface area contributed by atoms with Gasteiger partial charge in [0.05, 0.1) is 13.7 Å². The number of rotatable bonds is 5. The highest BCUT2D eigenvalue weighted by molar-refractivity contribution is 7.99. The van der Waals surface area contributed by atoms with Crippen LogP contribution in [0.1, 0.15) is 24.3 Å². The summed E-state index contributed by atoms with van der Waals surface area (Å²) >= 11 is 1.99. The molecule has 0 aliphatic carbocycles. The summed E-state index contributed by atoms with van der Waals surface area (Å²) in [5.74, 6) is 4.01. The number of carbonyl (C=O) groups is 1. The number of likely N-dealkylation sites (tertiary alicyclic amines) is 1. The van der Waals surface area contributed by atoms with Gasteiger partial charge in [0.25, 0.3) is 0 Å². The van der Waals surface area contributed by atoms with Gasteiger partial charge in [-0.2, -0.15) is 11.8 Å². The standard InChI is InChI=1S/C18H26N2O2S/c1-19(16-8-10-23-13-16)12-18(21)20-9-7-15(11-20)14-3-5-17(22-2)6-4-14/h3-6,15-16H,7-13H2,1-2H3/t15-,16-/m1/s1. The van der Waals surface area contributed by atoms with E-state index in [1.165, 1.54) is 17.7 Å². The zero-order chi connectivity index (χ0) is 16.2. The van der Waals surface area contributed by atoms with Crippen LogP contribution >= 0.6 is 11.8 Å². The maximum Gasteiger partial charge on any atom is 0.236 e. The van der Waals surface area contributed by atoms with Gasteiger partial charge in [-0.1, -0.05) is 12.1 Å². The number of hydrogen-bond donors (Lipinski definition) is 0. The quantitative estimate of drug-likeness (QED) is 0.828. The van der Waals surface area contributed by atoms with E-state index in [4.69, 9.17) is 4.74 Å². The Hall–Kier alpha value is -1.20. The van der Waals surface area contributed by atoms with Crippen molar-refractivity contribution in [1.29, 1.82) is 0 Å². The molecule has 0 aromatic heterocycles. The Morgan fingerprint density at radius 1 is 1.35 bits per heavy atom. The van der Waals surface area contributed by atoms with E-state index in [0.29, 0.717) is 18.5 Å². The summed E-state index contributed by atoms with van der Waals surface area (Å²) in [4.78, 5) is 16.8. The lowest BCUT2D eigenvalue weighted by molar-refractivity contribution is -0.131. The third-order valence-electron chi connectivity index (χ3n) is 5.04. The molecule has 0 bridgehead atoms. The van der Waals surface area contributed by atoms with Crippen molar-refractivity contribution in [2.24, 2.45) is 0 Å². The summed E-state index contributed by atoms with van der Waals surface area (Å²) in [6.07, 6.45) is 2.27. The van der Waals surface area contributed by atoms with Gasteiger partial charge in [0, 0.05) is 30.8 Å². The number of amides is 1. The summed E-state index contributed by atoms with van der Waals surface area (Å²) < 4.78 is 5.21. The molecule has 23 heavy (non-hydrogen) atoms. The van der Waals surface area contributed by atoms with Gasteiger partial charge in [-0.25, -0.2) is 0 Å². The van der Waals surface area contributed by atoms with E-state index >= 15 is 0 Å². The van der Waals surface area contributed by atoms with E-state index < -0.39 is 0 Å². The molecule has 2 aliphatic rings. The first-order valence-electron chi connectivity index (χ1n) is 8.37. The first kappa shape index (κ1) is 16.7. The molecule has 2 atom stereocenters. The first-order valence-corrected chi connectivity index (χ1v) is 9.52. The van der Waals surface area contributed by atoms with Crippen molar-refractivity contribution >= 4 is 17.7 Å². The Morgan fingerprint density at radius 2 is 2.13 bits per heavy atom. The van der Waals surface area contributed by atoms with Crippen molar-refractivity contribution in [3.05, 3.63) is 29.8 Å². The predicted molar refractivity (Wildman–Crippen MR) is 95.3 cm³/mol. The monoisotopic (exact) mass is 334 g/mol. The highest BCUT2D eigenvalue weighted by atomic mass is 32.2. The normalized spacial score (nSPS) is 24.4. The third kappa shape index (κ3) is 4.01. The summed E-state index contributed by atoms with van der Waals surface area (Å²) in [5.41, 5.74) is 1.31. The van der Waals surface area contributed by atoms with E-state index in [-0.39, 0.29) is 5.91 Å². The Morgan fingerprint density at radius 3 is 2.78 bits per heavy atom. The van der Waals surface area contributed by atoms with Gasteiger partial charge >= 0.3 is 0 Å². The van der Waals surface area contributed by atoms with Crippen LogP contribution in [0.25, 0.3) is 0 Å². The predicted octanol–water partition coefficient (Wildman–Crippen LogP) is 2.45. The van der Waals surface area contributed by atoms with Crippen LogP contribution in [-0.4, -0.2) is 67.0 Å². The molecule has 0 unspecified atom stereocenters. The second kappa shape index (κ2) is 7.58. The molecule has 1 amide bonds. The minimum absolute atomic E-state index is 0.278. The van der Waals surface area contributed by atoms with Crippen molar-refractivity contribution in [3.8, 4) is 5.75 Å². The van der Waals surface area contributed by atoms with Crippen molar-refractivity contribution in [2.45, 2.75) is 24.8 Å². The molecule has 4 nitrogen and oxygen atoms in total. The molecule has 3 rings (SSSR count). The highest BCUT2D eigenvalue weighted by Gasteiger charge is 2.29. The summed E-state index contributed by atoms with van der Waals surface area (Å²) in [7, 11) is 3.77. The second-order valence-electron chi connectivity index (χ2n) is 6.53. The Bertz CT molecular complexity index is 528. The van der Waals surface area contributed by atoms with E-state index in [9.17, 15) is 4.79 Å². The van der Waals surface area contributed by atoms with E-state index in [1.807, 2.05) is 28.8 Å². The van der Waals surface area contributed by atoms with Crippen LogP contribution in [0, 0.1) is 0 Å². The molecule has 2 aliphatic heterocycles. The zero-order valence-corrected chi connectivity index (χ0v) is 14.8. The van der Waals surface area contributed by atoms with E-state index in [1.54, 1.807) is 7.11 Å². The minimum Gasteiger partial charge on any atom is -0.497 e. The van der Waals surface area contributed by atoms with E-state index in [2.05, 4.69) is 24.1 Å². The molecule has 2 fully saturated rings. The average molecular weight is 334 g/mol. The van der Waals surface area contributed by atoms with Gasteiger partial charge in [0.1, 0.15) is 5.75 Å². The fraction of sp³-hybridized carbons (Fsp3) is 0.611. The van der Waals surface area contributed by atoms with Gasteiger partial charge in [-0.3, -0.25) is 9.69 Å². The Balaban J connectivity index is 1.52. The second-order valence-corrected chi connectivity index (χ2v) is 7.68. The smallest absolute Gasteiger partial charge is 0.236 e. The summed E-state index contributed by atoms with van der Waals surface area (Å²) in [6.45, 7) is 2.28. The van der Waals surface area contributed by atoms with Crippen molar-refractivity contribution in [2.75, 3.05) is 45.3 Å². The molecule has 0 N–H and O–H groups in total. The fourth-order valence-corrected chi connectivity index (χ4v) is 4.75. The van der Waals surface area contributed by atoms with Crippen molar-refractivity contribution in [3.63, 3.8) is 0 Å². The van der Waals surface area contributed by atoms with E-state index in [0.717, 1.165) is 31.0 Å². The minimum atomic E-state index is 0.278. The van der Waals surface area contributed by atoms with Crippen molar-refractivity contribution < 1.29 is 9.53 Å². The first-order chi connectivity index (χ1) is 11.2. The van der Waals surface area contributed by atoms with Gasteiger partial charge in [-0.15, -0.1) is 0 Å². The van der Waals surface area contributed by atoms with Crippen LogP contribution in [0.5, 0.6) is 5.75 Å². The van der Waals surface area contributed by atoms with Gasteiger partial charge in [-0.05, 0) is 43.3 Å². The number of benzene rings is 1. The van der Waals surface area contributed by atoms with Crippen LogP contribution in [-0.2, 0) is 4.79 Å². The van der Waals surface area contributed by atoms with Gasteiger partial charge in [0.15, 0.2) is 0 Å². The van der Waals surface area contributed by atoms with Crippen LogP contribution in [0.15, 0.2) is 24.3 Å². The highest BCUT2D eigenvalue weighted by Crippen LogP contribution is 2.29. The maximum atomic E-state index is 12.5. The molecular weight excluding hydrogens is 308 g/mol. The molecule has 2 heterocycles. The molecule has 0 radical (unpaired) electrons. The lowest BCUT2D eigenvalue weighted by Crippen LogP contribution is -2.42. The molecule has 126 valence electrons. The number of likely N-dealkylation sites (N-methyl/N-ethyl adjacent to an activating group) is 1. The maximum absolute atomic E-state index is 12.5. The van der Waals surface area contributed by atoms with Crippen molar-refractivity contribution in [1.82, 2.24) is 9.80 Å². The summed E-state index contributed by atoms with van der Waals surface area (Å²) in [6, 6.07) is 8.83. The molecular formula is C18H26N2O2S. The fourth-order valence-electron chi connectivity index (χ4n) is 3.45. The lowest BCUT2D eigenvalue weighted by atomic mass is 9.98. The lowest BCUT2D eigenvalue weighted by Gasteiger charge is -2.25. The van der Waals surface area contributed by atoms with Crippen LogP contribution in [0.2, 0.25) is 0 Å². The zero-order valence-electron chi connectivity index (χ0n) is 14.0. The van der Waals surface area contributed by atoms with Crippen LogP contribution in [0.3, 0.4) is 0 Å². The topological polar surface area (TPSA) is 32.8 Å². The third-order valence-corrected chi connectivity index (χ3v) is 6.19. The summed E-state index contributed by atoms with van der Waals surface area (Å²) in [5, 5.41) is 0. The number of carbonyl (C=O) groups excluding carboxylic acids is 1. The number of methoxy groups -OCH3 is 1. The molecule has 1 aromatic rings. The Labute approximate surface area is 143 Å². The Kier molecular flexibility index (Phi) is 5.49. The molecule has 0 saturated carbocycles. The van der Waals surface area contributed by atoms with Crippen LogP contribution < -0.4 is 4.74 Å². The molecule has 5 heteroatoms. The molecule has 1 aromatic carbocycles. The molecule has 0 spiro atoms. The number of ether oxygens (including phenoxy) is 1. The number of thioether (sulfide) groups is 1. The number of hydrogen-bond acceptors (Lipinski definition) is 4. The SMILES string of the molecule is COc1ccc([C@@H]2CCN(C(=O)CN(C)[C@@H]3CCSC3)C2)cc1. The molecule has 2 saturated heterocycles.